The lowest BCUT2D eigenvalue weighted by Gasteiger charge is -2.10. The number of rotatable bonds is 4. The second-order valence-corrected chi connectivity index (χ2v) is 6.41. The molecule has 0 fully saturated rings. The Bertz CT molecular complexity index is 1350. The molecule has 0 saturated carbocycles. The molecule has 0 atom stereocenters. The van der Waals surface area contributed by atoms with E-state index in [-0.39, 0.29) is 11.9 Å². The summed E-state index contributed by atoms with van der Waals surface area (Å²) in [6.45, 7) is 1.87. The van der Waals surface area contributed by atoms with Gasteiger partial charge in [0.05, 0.1) is 16.6 Å². The van der Waals surface area contributed by atoms with Crippen LogP contribution in [0.2, 0.25) is 0 Å². The third kappa shape index (κ3) is 3.09. The highest BCUT2D eigenvalue weighted by Crippen LogP contribution is 2.23. The average molecular weight is 384 g/mol. The maximum Gasteiger partial charge on any atom is 0.253 e. The summed E-state index contributed by atoms with van der Waals surface area (Å²) in [6.07, 6.45) is 1.75. The van der Waals surface area contributed by atoms with Gasteiger partial charge in [-0.2, -0.15) is 15.0 Å². The highest BCUT2D eigenvalue weighted by molar-refractivity contribution is 5.83. The first kappa shape index (κ1) is 17.0. The average Bonchev–Trinajstić information content (AvgIpc) is 3.09. The molecular weight excluding hydrogens is 368 g/mol. The van der Waals surface area contributed by atoms with E-state index in [0.29, 0.717) is 5.95 Å². The highest BCUT2D eigenvalue weighted by Gasteiger charge is 2.14. The summed E-state index contributed by atoms with van der Waals surface area (Å²) < 4.78 is 1.81. The molecule has 3 heterocycles. The zero-order chi connectivity index (χ0) is 19.8. The van der Waals surface area contributed by atoms with E-state index < -0.39 is 0 Å². The number of aromatic nitrogens is 6. The molecule has 142 valence electrons. The Morgan fingerprint density at radius 3 is 2.62 bits per heavy atom. The maximum absolute atomic E-state index is 9.41. The van der Waals surface area contributed by atoms with Gasteiger partial charge in [0.25, 0.3) is 5.95 Å². The van der Waals surface area contributed by atoms with E-state index in [1.807, 2.05) is 71.6 Å². The summed E-state index contributed by atoms with van der Waals surface area (Å²) >= 11 is 0. The molecule has 0 saturated heterocycles. The fourth-order valence-corrected chi connectivity index (χ4v) is 3.25. The molecule has 0 radical (unpaired) electrons. The molecular formula is C20H16N8O. The van der Waals surface area contributed by atoms with Crippen molar-refractivity contribution in [2.75, 3.05) is 10.8 Å². The van der Waals surface area contributed by atoms with Gasteiger partial charge in [0, 0.05) is 17.3 Å². The minimum Gasteiger partial charge on any atom is -0.324 e. The second-order valence-electron chi connectivity index (χ2n) is 6.41. The predicted molar refractivity (Wildman–Crippen MR) is 110 cm³/mol. The standard InChI is InChI=1S/C20H16N8O/c1-12-22-16-6-2-3-7-17(16)28(12)20-25-18(24-19(26-20)27-29)23-14-8-9-15-13(11-14)5-4-10-21-15/h2-11,29H,1H3,(H2,23,24,25,26,27). The van der Waals surface area contributed by atoms with Crippen LogP contribution in [0, 0.1) is 6.92 Å². The van der Waals surface area contributed by atoms with Crippen molar-refractivity contribution in [3.8, 4) is 5.95 Å². The van der Waals surface area contributed by atoms with Crippen LogP contribution in [0.3, 0.4) is 0 Å². The van der Waals surface area contributed by atoms with Gasteiger partial charge in [-0.1, -0.05) is 18.2 Å². The Labute approximate surface area is 165 Å². The fraction of sp³-hybridized carbons (Fsp3) is 0.0500. The number of para-hydroxylation sites is 2. The Kier molecular flexibility index (Phi) is 3.99. The van der Waals surface area contributed by atoms with Gasteiger partial charge in [-0.25, -0.2) is 10.5 Å². The predicted octanol–water partition coefficient (Wildman–Crippen LogP) is 3.61. The van der Waals surface area contributed by atoms with Gasteiger partial charge >= 0.3 is 0 Å². The van der Waals surface area contributed by atoms with E-state index in [4.69, 9.17) is 0 Å². The van der Waals surface area contributed by atoms with Gasteiger partial charge < -0.3 is 5.32 Å². The van der Waals surface area contributed by atoms with E-state index in [9.17, 15) is 5.21 Å². The molecule has 0 aliphatic heterocycles. The number of pyridine rings is 1. The molecule has 0 bridgehead atoms. The number of anilines is 3. The first-order chi connectivity index (χ1) is 14.2. The highest BCUT2D eigenvalue weighted by atomic mass is 16.5. The van der Waals surface area contributed by atoms with Crippen LogP contribution in [0.4, 0.5) is 17.6 Å². The van der Waals surface area contributed by atoms with Crippen molar-refractivity contribution in [1.82, 2.24) is 29.5 Å². The van der Waals surface area contributed by atoms with Gasteiger partial charge in [-0.3, -0.25) is 14.8 Å². The van der Waals surface area contributed by atoms with Crippen LogP contribution < -0.4 is 10.8 Å². The van der Waals surface area contributed by atoms with Gasteiger partial charge in [0.15, 0.2) is 0 Å². The van der Waals surface area contributed by atoms with E-state index in [1.54, 1.807) is 6.20 Å². The van der Waals surface area contributed by atoms with Crippen molar-refractivity contribution in [2.45, 2.75) is 6.92 Å². The number of imidazole rings is 1. The summed E-state index contributed by atoms with van der Waals surface area (Å²) in [5.41, 5.74) is 5.39. The molecule has 3 aromatic heterocycles. The topological polar surface area (TPSA) is 114 Å². The first-order valence-corrected chi connectivity index (χ1v) is 8.94. The normalized spacial score (nSPS) is 11.1. The van der Waals surface area contributed by atoms with Gasteiger partial charge in [-0.15, -0.1) is 0 Å². The number of nitrogens with zero attached hydrogens (tertiary/aromatic N) is 6. The third-order valence-corrected chi connectivity index (χ3v) is 4.51. The quantitative estimate of drug-likeness (QED) is 0.403. The molecule has 0 unspecified atom stereocenters. The molecule has 0 amide bonds. The molecule has 0 aliphatic carbocycles. The number of nitrogens with one attached hydrogen (secondary N) is 2. The summed E-state index contributed by atoms with van der Waals surface area (Å²) in [6, 6.07) is 17.3. The van der Waals surface area contributed by atoms with Crippen molar-refractivity contribution >= 4 is 39.5 Å². The van der Waals surface area contributed by atoms with Crippen LogP contribution >= 0.6 is 0 Å². The molecule has 3 N–H and O–H groups in total. The molecule has 0 aliphatic rings. The zero-order valence-electron chi connectivity index (χ0n) is 15.4. The lowest BCUT2D eigenvalue weighted by Crippen LogP contribution is -2.10. The van der Waals surface area contributed by atoms with Gasteiger partial charge in [0.1, 0.15) is 5.82 Å². The second kappa shape index (κ2) is 6.80. The van der Waals surface area contributed by atoms with Crippen LogP contribution in [0.15, 0.2) is 60.8 Å². The Hall–Kier alpha value is -4.11. The molecule has 9 nitrogen and oxygen atoms in total. The van der Waals surface area contributed by atoms with Gasteiger partial charge in [0.2, 0.25) is 11.9 Å². The number of fused-ring (bicyclic) bond motifs is 2. The van der Waals surface area contributed by atoms with Crippen molar-refractivity contribution in [3.05, 3.63) is 66.6 Å². The Morgan fingerprint density at radius 2 is 1.72 bits per heavy atom. The molecule has 5 rings (SSSR count). The SMILES string of the molecule is Cc1nc2ccccc2n1-c1nc(NO)nc(Nc2ccc3ncccc3c2)n1. The van der Waals surface area contributed by atoms with Crippen LogP contribution in [0.5, 0.6) is 0 Å². The number of hydrogen-bond acceptors (Lipinski definition) is 8. The van der Waals surface area contributed by atoms with Crippen LogP contribution in [0.1, 0.15) is 5.82 Å². The molecule has 2 aromatic carbocycles. The van der Waals surface area contributed by atoms with E-state index in [1.165, 1.54) is 0 Å². The summed E-state index contributed by atoms with van der Waals surface area (Å²) in [7, 11) is 0. The van der Waals surface area contributed by atoms with Crippen LogP contribution in [-0.2, 0) is 0 Å². The van der Waals surface area contributed by atoms with Crippen molar-refractivity contribution in [2.24, 2.45) is 0 Å². The fourth-order valence-electron chi connectivity index (χ4n) is 3.25. The monoisotopic (exact) mass is 384 g/mol. The van der Waals surface area contributed by atoms with Gasteiger partial charge in [-0.05, 0) is 43.3 Å². The molecule has 9 heteroatoms. The molecule has 0 spiro atoms. The van der Waals surface area contributed by atoms with Crippen molar-refractivity contribution < 1.29 is 5.21 Å². The number of aryl methyl sites for hydroxylation is 1. The van der Waals surface area contributed by atoms with E-state index >= 15 is 0 Å². The summed E-state index contributed by atoms with van der Waals surface area (Å²) in [5, 5.41) is 13.6. The maximum atomic E-state index is 9.41. The molecule has 29 heavy (non-hydrogen) atoms. The van der Waals surface area contributed by atoms with Crippen molar-refractivity contribution in [1.29, 1.82) is 0 Å². The summed E-state index contributed by atoms with van der Waals surface area (Å²) in [5.74, 6) is 1.38. The van der Waals surface area contributed by atoms with Crippen LogP contribution in [0.25, 0.3) is 27.9 Å². The lowest BCUT2D eigenvalue weighted by atomic mass is 10.2. The number of benzene rings is 2. The molecule has 5 aromatic rings. The van der Waals surface area contributed by atoms with E-state index in [2.05, 4.69) is 30.2 Å². The minimum absolute atomic E-state index is 0.0251. The largest absolute Gasteiger partial charge is 0.324 e. The third-order valence-electron chi connectivity index (χ3n) is 4.51. The number of hydrogen-bond donors (Lipinski definition) is 3. The summed E-state index contributed by atoms with van der Waals surface area (Å²) in [4.78, 5) is 21.9. The lowest BCUT2D eigenvalue weighted by molar-refractivity contribution is 0.382. The zero-order valence-corrected chi connectivity index (χ0v) is 15.4. The Morgan fingerprint density at radius 1 is 0.862 bits per heavy atom. The Balaban J connectivity index is 1.59. The first-order valence-electron chi connectivity index (χ1n) is 8.94. The van der Waals surface area contributed by atoms with Crippen LogP contribution in [-0.4, -0.2) is 34.7 Å². The smallest absolute Gasteiger partial charge is 0.253 e. The minimum atomic E-state index is 0.0251. The van der Waals surface area contributed by atoms with E-state index in [0.717, 1.165) is 33.4 Å². The van der Waals surface area contributed by atoms with Crippen molar-refractivity contribution in [3.63, 3.8) is 0 Å².